The van der Waals surface area contributed by atoms with E-state index in [1.165, 1.54) is 16.6 Å². The lowest BCUT2D eigenvalue weighted by Crippen LogP contribution is -1.89. The normalized spacial score (nSPS) is 10.9. The SMILES string of the molecule is Fc1cc(Cl)n2nc(Br)cc2c1. The van der Waals surface area contributed by atoms with Crippen molar-refractivity contribution in [2.45, 2.75) is 0 Å². The molecule has 2 aromatic heterocycles. The third-order valence-corrected chi connectivity index (χ3v) is 2.11. The van der Waals surface area contributed by atoms with Crippen LogP contribution >= 0.6 is 27.5 Å². The molecule has 0 fully saturated rings. The second kappa shape index (κ2) is 2.71. The fourth-order valence-electron chi connectivity index (χ4n) is 0.997. The summed E-state index contributed by atoms with van der Waals surface area (Å²) in [6.45, 7) is 0. The van der Waals surface area contributed by atoms with Crippen LogP contribution in [-0.2, 0) is 0 Å². The van der Waals surface area contributed by atoms with Gasteiger partial charge in [-0.05, 0) is 28.1 Å². The van der Waals surface area contributed by atoms with Gasteiger partial charge in [0.05, 0.1) is 5.52 Å². The van der Waals surface area contributed by atoms with Crippen molar-refractivity contribution in [3.05, 3.63) is 33.8 Å². The fraction of sp³-hybridized carbons (Fsp3) is 0. The predicted molar refractivity (Wildman–Crippen MR) is 47.9 cm³/mol. The van der Waals surface area contributed by atoms with Crippen molar-refractivity contribution >= 4 is 33.0 Å². The first kappa shape index (κ1) is 8.01. The fourth-order valence-corrected chi connectivity index (χ4v) is 1.63. The molecule has 0 bridgehead atoms. The first-order chi connectivity index (χ1) is 5.66. The lowest BCUT2D eigenvalue weighted by molar-refractivity contribution is 0.625. The highest BCUT2D eigenvalue weighted by atomic mass is 79.9. The largest absolute Gasteiger partial charge is 0.221 e. The number of nitrogens with zero attached hydrogens (tertiary/aromatic N) is 2. The van der Waals surface area contributed by atoms with E-state index in [-0.39, 0.29) is 11.0 Å². The third-order valence-electron chi connectivity index (χ3n) is 1.45. The molecule has 0 amide bonds. The summed E-state index contributed by atoms with van der Waals surface area (Å²) in [5.74, 6) is -0.361. The standard InChI is InChI=1S/C7H3BrClFN2/c8-6-3-5-1-4(10)2-7(9)12(5)11-6/h1-3H. The van der Waals surface area contributed by atoms with Gasteiger partial charge in [-0.25, -0.2) is 8.91 Å². The number of rotatable bonds is 0. The molecule has 12 heavy (non-hydrogen) atoms. The van der Waals surface area contributed by atoms with Gasteiger partial charge in [0.15, 0.2) is 0 Å². The Bertz CT molecular complexity index is 440. The van der Waals surface area contributed by atoms with Crippen molar-refractivity contribution in [1.29, 1.82) is 0 Å². The zero-order valence-electron chi connectivity index (χ0n) is 5.76. The van der Waals surface area contributed by atoms with Crippen molar-refractivity contribution < 1.29 is 4.39 Å². The first-order valence-electron chi connectivity index (χ1n) is 3.17. The summed E-state index contributed by atoms with van der Waals surface area (Å²) in [4.78, 5) is 0. The zero-order valence-corrected chi connectivity index (χ0v) is 8.10. The summed E-state index contributed by atoms with van der Waals surface area (Å²) in [5, 5.41) is 4.25. The Hall–Kier alpha value is -0.610. The topological polar surface area (TPSA) is 17.3 Å². The molecule has 2 nitrogen and oxygen atoms in total. The van der Waals surface area contributed by atoms with Gasteiger partial charge in [0, 0.05) is 6.07 Å². The minimum absolute atomic E-state index is 0.260. The highest BCUT2D eigenvalue weighted by molar-refractivity contribution is 9.10. The Morgan fingerprint density at radius 2 is 2.17 bits per heavy atom. The highest BCUT2D eigenvalue weighted by Gasteiger charge is 2.04. The zero-order chi connectivity index (χ0) is 8.72. The summed E-state index contributed by atoms with van der Waals surface area (Å²) in [6, 6.07) is 4.27. The van der Waals surface area contributed by atoms with Crippen molar-refractivity contribution in [2.24, 2.45) is 0 Å². The van der Waals surface area contributed by atoms with E-state index in [2.05, 4.69) is 21.0 Å². The van der Waals surface area contributed by atoms with Crippen LogP contribution in [0.15, 0.2) is 22.8 Å². The van der Waals surface area contributed by atoms with Crippen molar-refractivity contribution in [3.63, 3.8) is 0 Å². The van der Waals surface area contributed by atoms with Gasteiger partial charge in [0.2, 0.25) is 0 Å². The molecule has 2 rings (SSSR count). The van der Waals surface area contributed by atoms with Crippen molar-refractivity contribution in [2.75, 3.05) is 0 Å². The van der Waals surface area contributed by atoms with Gasteiger partial charge < -0.3 is 0 Å². The van der Waals surface area contributed by atoms with E-state index < -0.39 is 0 Å². The van der Waals surface area contributed by atoms with E-state index in [1.807, 2.05) is 0 Å². The number of fused-ring (bicyclic) bond motifs is 1. The summed E-state index contributed by atoms with van der Waals surface area (Å²) < 4.78 is 14.9. The van der Waals surface area contributed by atoms with Crippen LogP contribution in [0.5, 0.6) is 0 Å². The lowest BCUT2D eigenvalue weighted by atomic mass is 10.4. The monoisotopic (exact) mass is 248 g/mol. The molecule has 0 aromatic carbocycles. The number of hydrogen-bond donors (Lipinski definition) is 0. The highest BCUT2D eigenvalue weighted by Crippen LogP contribution is 2.18. The quantitative estimate of drug-likeness (QED) is 0.656. The van der Waals surface area contributed by atoms with Crippen LogP contribution in [0.3, 0.4) is 0 Å². The van der Waals surface area contributed by atoms with Gasteiger partial charge in [0.25, 0.3) is 0 Å². The second-order valence-corrected chi connectivity index (χ2v) is 3.50. The Morgan fingerprint density at radius 1 is 1.42 bits per heavy atom. The predicted octanol–water partition coefficient (Wildman–Crippen LogP) is 2.89. The maximum Gasteiger partial charge on any atom is 0.134 e. The van der Waals surface area contributed by atoms with Crippen LogP contribution in [0.4, 0.5) is 4.39 Å². The van der Waals surface area contributed by atoms with E-state index in [0.717, 1.165) is 0 Å². The maximum absolute atomic E-state index is 12.8. The molecule has 2 aromatic rings. The Labute approximate surface area is 81.1 Å². The molecule has 0 aliphatic rings. The Balaban J connectivity index is 2.88. The van der Waals surface area contributed by atoms with E-state index in [9.17, 15) is 4.39 Å². The third kappa shape index (κ3) is 1.21. The molecular formula is C7H3BrClFN2. The van der Waals surface area contributed by atoms with E-state index >= 15 is 0 Å². The minimum Gasteiger partial charge on any atom is -0.221 e. The molecule has 0 aliphatic heterocycles. The van der Waals surface area contributed by atoms with Gasteiger partial charge in [0.1, 0.15) is 15.6 Å². The second-order valence-electron chi connectivity index (χ2n) is 2.30. The maximum atomic E-state index is 12.8. The van der Waals surface area contributed by atoms with Crippen LogP contribution in [0.2, 0.25) is 5.15 Å². The number of aromatic nitrogens is 2. The molecule has 5 heteroatoms. The van der Waals surface area contributed by atoms with Gasteiger partial charge in [-0.3, -0.25) is 0 Å². The molecule has 0 N–H and O–H groups in total. The summed E-state index contributed by atoms with van der Waals surface area (Å²) in [5.41, 5.74) is 0.631. The molecule has 62 valence electrons. The van der Waals surface area contributed by atoms with Crippen LogP contribution in [0, 0.1) is 5.82 Å². The van der Waals surface area contributed by atoms with Crippen LogP contribution in [0.1, 0.15) is 0 Å². The summed E-state index contributed by atoms with van der Waals surface area (Å²) in [7, 11) is 0. The molecule has 0 spiro atoms. The van der Waals surface area contributed by atoms with E-state index in [4.69, 9.17) is 11.6 Å². The first-order valence-corrected chi connectivity index (χ1v) is 4.34. The van der Waals surface area contributed by atoms with Crippen molar-refractivity contribution in [1.82, 2.24) is 9.61 Å². The van der Waals surface area contributed by atoms with Gasteiger partial charge in [-0.15, -0.1) is 0 Å². The molecule has 2 heterocycles. The summed E-state index contributed by atoms with van der Waals surface area (Å²) in [6.07, 6.45) is 0. The summed E-state index contributed by atoms with van der Waals surface area (Å²) >= 11 is 8.89. The number of pyridine rings is 1. The molecule has 0 aliphatic carbocycles. The molecular weight excluding hydrogens is 246 g/mol. The molecule has 0 atom stereocenters. The van der Waals surface area contributed by atoms with Crippen molar-refractivity contribution in [3.8, 4) is 0 Å². The average molecular weight is 249 g/mol. The molecule has 0 saturated heterocycles. The smallest absolute Gasteiger partial charge is 0.134 e. The molecule has 0 radical (unpaired) electrons. The lowest BCUT2D eigenvalue weighted by Gasteiger charge is -1.95. The van der Waals surface area contributed by atoms with Crippen LogP contribution in [-0.4, -0.2) is 9.61 Å². The van der Waals surface area contributed by atoms with E-state index in [1.54, 1.807) is 6.07 Å². The number of hydrogen-bond acceptors (Lipinski definition) is 1. The van der Waals surface area contributed by atoms with E-state index in [0.29, 0.717) is 10.1 Å². The minimum atomic E-state index is -0.361. The van der Waals surface area contributed by atoms with Gasteiger partial charge in [-0.2, -0.15) is 5.10 Å². The van der Waals surface area contributed by atoms with Gasteiger partial charge in [-0.1, -0.05) is 11.6 Å². The molecule has 0 saturated carbocycles. The Kier molecular flexibility index (Phi) is 1.81. The average Bonchev–Trinajstić information content (AvgIpc) is 2.29. The van der Waals surface area contributed by atoms with Crippen LogP contribution < -0.4 is 0 Å². The Morgan fingerprint density at radius 3 is 2.92 bits per heavy atom. The number of halogens is 3. The van der Waals surface area contributed by atoms with Crippen LogP contribution in [0.25, 0.3) is 5.52 Å². The van der Waals surface area contributed by atoms with Gasteiger partial charge >= 0.3 is 0 Å². The molecule has 0 unspecified atom stereocenters.